The second-order valence-corrected chi connectivity index (χ2v) is 4.01. The number of likely N-dealkylation sites (N-methyl/N-ethyl adjacent to an activating group) is 1. The van der Waals surface area contributed by atoms with Gasteiger partial charge in [0, 0.05) is 25.3 Å². The molecule has 1 aromatic heterocycles. The van der Waals surface area contributed by atoms with Gasteiger partial charge in [-0.3, -0.25) is 14.6 Å². The molecule has 17 heavy (non-hydrogen) atoms. The van der Waals surface area contributed by atoms with Gasteiger partial charge in [0.1, 0.15) is 5.56 Å². The van der Waals surface area contributed by atoms with Gasteiger partial charge in [-0.15, -0.1) is 0 Å². The third-order valence-corrected chi connectivity index (χ3v) is 2.93. The van der Waals surface area contributed by atoms with Crippen LogP contribution in [-0.4, -0.2) is 47.0 Å². The monoisotopic (exact) mass is 238 g/mol. The van der Waals surface area contributed by atoms with E-state index in [0.29, 0.717) is 13.1 Å². The van der Waals surface area contributed by atoms with Crippen LogP contribution >= 0.6 is 0 Å². The number of likely N-dealkylation sites (tertiary alicyclic amines) is 1. The van der Waals surface area contributed by atoms with Crippen LogP contribution in [0, 0.1) is 0 Å². The number of carbonyl (C=O) groups excluding carboxylic acids is 1. The lowest BCUT2D eigenvalue weighted by atomic mass is 10.3. The molecule has 0 aromatic carbocycles. The lowest BCUT2D eigenvalue weighted by Gasteiger charge is -2.15. The average molecular weight is 238 g/mol. The van der Waals surface area contributed by atoms with Gasteiger partial charge in [-0.1, -0.05) is 0 Å². The van der Waals surface area contributed by atoms with Gasteiger partial charge in [-0.25, -0.2) is 4.79 Å². The standard InChI is InChI=1S/C10H14N4O3/c1-11-6-2-3-14(5-6)9(16)7-4-12-10(17)13-8(7)15/h4,6,11H,2-3,5H2,1H3,(H2,12,13,15,17). The fourth-order valence-corrected chi connectivity index (χ4v) is 1.92. The number of aromatic amines is 2. The highest BCUT2D eigenvalue weighted by Gasteiger charge is 2.27. The molecule has 7 nitrogen and oxygen atoms in total. The van der Waals surface area contributed by atoms with Crippen LogP contribution < -0.4 is 16.6 Å². The van der Waals surface area contributed by atoms with E-state index in [9.17, 15) is 14.4 Å². The maximum absolute atomic E-state index is 12.0. The summed E-state index contributed by atoms with van der Waals surface area (Å²) in [5.41, 5.74) is -1.28. The van der Waals surface area contributed by atoms with E-state index in [4.69, 9.17) is 0 Å². The molecule has 1 atom stereocenters. The molecule has 1 aromatic rings. The Labute approximate surface area is 96.8 Å². The number of nitrogens with zero attached hydrogens (tertiary/aromatic N) is 1. The predicted octanol–water partition coefficient (Wildman–Crippen LogP) is -1.50. The minimum atomic E-state index is -0.647. The minimum absolute atomic E-state index is 0.0265. The quantitative estimate of drug-likeness (QED) is 0.584. The van der Waals surface area contributed by atoms with Gasteiger partial charge in [-0.2, -0.15) is 0 Å². The van der Waals surface area contributed by atoms with Gasteiger partial charge in [0.05, 0.1) is 0 Å². The van der Waals surface area contributed by atoms with Gasteiger partial charge in [0.2, 0.25) is 0 Å². The maximum Gasteiger partial charge on any atom is 0.325 e. The zero-order valence-electron chi connectivity index (χ0n) is 9.45. The summed E-state index contributed by atoms with van der Waals surface area (Å²) < 4.78 is 0. The highest BCUT2D eigenvalue weighted by Crippen LogP contribution is 2.10. The molecule has 0 spiro atoms. The van der Waals surface area contributed by atoms with Crippen molar-refractivity contribution in [1.82, 2.24) is 20.2 Å². The maximum atomic E-state index is 12.0. The molecule has 2 heterocycles. The van der Waals surface area contributed by atoms with Crippen LogP contribution in [0.25, 0.3) is 0 Å². The molecule has 0 radical (unpaired) electrons. The first-order chi connectivity index (χ1) is 8.11. The Morgan fingerprint density at radius 1 is 1.53 bits per heavy atom. The van der Waals surface area contributed by atoms with Gasteiger partial charge in [-0.05, 0) is 13.5 Å². The minimum Gasteiger partial charge on any atom is -0.337 e. The lowest BCUT2D eigenvalue weighted by molar-refractivity contribution is 0.0787. The number of hydrogen-bond donors (Lipinski definition) is 3. The van der Waals surface area contributed by atoms with Crippen LogP contribution in [0.3, 0.4) is 0 Å². The Kier molecular flexibility index (Phi) is 3.10. The molecular formula is C10H14N4O3. The van der Waals surface area contributed by atoms with E-state index in [1.165, 1.54) is 0 Å². The van der Waals surface area contributed by atoms with Crippen LogP contribution in [0.4, 0.5) is 0 Å². The summed E-state index contributed by atoms with van der Waals surface area (Å²) in [6.07, 6.45) is 2.03. The first-order valence-corrected chi connectivity index (χ1v) is 5.40. The van der Waals surface area contributed by atoms with Crippen molar-refractivity contribution in [2.45, 2.75) is 12.5 Å². The van der Waals surface area contributed by atoms with Gasteiger partial charge >= 0.3 is 5.69 Å². The van der Waals surface area contributed by atoms with E-state index >= 15 is 0 Å². The first kappa shape index (κ1) is 11.6. The van der Waals surface area contributed by atoms with E-state index < -0.39 is 11.2 Å². The van der Waals surface area contributed by atoms with Crippen LogP contribution in [0.1, 0.15) is 16.8 Å². The summed E-state index contributed by atoms with van der Waals surface area (Å²) in [5.74, 6) is -0.347. The number of aromatic nitrogens is 2. The molecule has 2 rings (SSSR count). The Morgan fingerprint density at radius 2 is 2.29 bits per heavy atom. The predicted molar refractivity (Wildman–Crippen MR) is 61.1 cm³/mol. The Hall–Kier alpha value is -1.89. The highest BCUT2D eigenvalue weighted by atomic mass is 16.2. The van der Waals surface area contributed by atoms with E-state index in [0.717, 1.165) is 12.6 Å². The molecule has 0 saturated carbocycles. The summed E-state index contributed by atoms with van der Waals surface area (Å²) in [6, 6.07) is 0.265. The topological polar surface area (TPSA) is 98.1 Å². The second kappa shape index (κ2) is 4.54. The smallest absolute Gasteiger partial charge is 0.325 e. The average Bonchev–Trinajstić information content (AvgIpc) is 2.76. The highest BCUT2D eigenvalue weighted by molar-refractivity contribution is 5.93. The Bertz CT molecular complexity index is 533. The normalized spacial score (nSPS) is 19.6. The number of rotatable bonds is 2. The van der Waals surface area contributed by atoms with Crippen molar-refractivity contribution in [3.63, 3.8) is 0 Å². The van der Waals surface area contributed by atoms with Crippen LogP contribution in [0.2, 0.25) is 0 Å². The summed E-state index contributed by atoms with van der Waals surface area (Å²) in [4.78, 5) is 40.2. The van der Waals surface area contributed by atoms with Crippen molar-refractivity contribution >= 4 is 5.91 Å². The molecule has 1 saturated heterocycles. The van der Waals surface area contributed by atoms with Crippen molar-refractivity contribution < 1.29 is 4.79 Å². The molecule has 1 aliphatic rings. The van der Waals surface area contributed by atoms with Crippen molar-refractivity contribution in [2.24, 2.45) is 0 Å². The second-order valence-electron chi connectivity index (χ2n) is 4.01. The lowest BCUT2D eigenvalue weighted by Crippen LogP contribution is -2.37. The summed E-state index contributed by atoms with van der Waals surface area (Å²) in [5, 5.41) is 3.09. The molecule has 7 heteroatoms. The Morgan fingerprint density at radius 3 is 2.88 bits per heavy atom. The molecule has 1 unspecified atom stereocenters. The van der Waals surface area contributed by atoms with E-state index in [1.807, 2.05) is 12.0 Å². The van der Waals surface area contributed by atoms with Gasteiger partial charge in [0.25, 0.3) is 11.5 Å². The van der Waals surface area contributed by atoms with Crippen molar-refractivity contribution in [3.8, 4) is 0 Å². The third kappa shape index (κ3) is 2.28. The zero-order valence-corrected chi connectivity index (χ0v) is 9.45. The summed E-state index contributed by atoms with van der Waals surface area (Å²) in [7, 11) is 1.84. The van der Waals surface area contributed by atoms with Gasteiger partial charge in [0.15, 0.2) is 0 Å². The fraction of sp³-hybridized carbons (Fsp3) is 0.500. The number of hydrogen-bond acceptors (Lipinski definition) is 4. The van der Waals surface area contributed by atoms with E-state index in [-0.39, 0.29) is 17.5 Å². The van der Waals surface area contributed by atoms with Crippen molar-refractivity contribution in [2.75, 3.05) is 20.1 Å². The number of amides is 1. The van der Waals surface area contributed by atoms with E-state index in [2.05, 4.69) is 10.3 Å². The first-order valence-electron chi connectivity index (χ1n) is 5.40. The Balaban J connectivity index is 2.21. The molecule has 3 N–H and O–H groups in total. The van der Waals surface area contributed by atoms with Crippen molar-refractivity contribution in [3.05, 3.63) is 32.6 Å². The SMILES string of the molecule is CNC1CCN(C(=O)c2c[nH]c(=O)[nH]c2=O)C1. The van der Waals surface area contributed by atoms with E-state index in [1.54, 1.807) is 4.90 Å². The number of carbonyl (C=O) groups is 1. The molecule has 1 fully saturated rings. The molecule has 92 valence electrons. The van der Waals surface area contributed by atoms with Crippen molar-refractivity contribution in [1.29, 1.82) is 0 Å². The molecule has 1 amide bonds. The zero-order chi connectivity index (χ0) is 12.4. The number of nitrogens with one attached hydrogen (secondary N) is 3. The van der Waals surface area contributed by atoms with Crippen LogP contribution in [0.5, 0.6) is 0 Å². The van der Waals surface area contributed by atoms with Crippen LogP contribution in [-0.2, 0) is 0 Å². The van der Waals surface area contributed by atoms with Gasteiger partial charge < -0.3 is 15.2 Å². The summed E-state index contributed by atoms with van der Waals surface area (Å²) in [6.45, 7) is 1.19. The fourth-order valence-electron chi connectivity index (χ4n) is 1.92. The molecule has 1 aliphatic heterocycles. The molecule has 0 aliphatic carbocycles. The summed E-state index contributed by atoms with van der Waals surface area (Å²) >= 11 is 0. The molecular weight excluding hydrogens is 224 g/mol. The largest absolute Gasteiger partial charge is 0.337 e. The molecule has 0 bridgehead atoms. The third-order valence-electron chi connectivity index (χ3n) is 2.93. The number of H-pyrrole nitrogens is 2. The van der Waals surface area contributed by atoms with Crippen LogP contribution in [0.15, 0.2) is 15.8 Å².